The van der Waals surface area contributed by atoms with Crippen LogP contribution < -0.4 is 5.56 Å². The van der Waals surface area contributed by atoms with Crippen LogP contribution in [0.2, 0.25) is 0 Å². The highest BCUT2D eigenvalue weighted by Gasteiger charge is 2.25. The van der Waals surface area contributed by atoms with Crippen LogP contribution in [0.5, 0.6) is 0 Å². The fourth-order valence-corrected chi connectivity index (χ4v) is 3.71. The van der Waals surface area contributed by atoms with Crippen LogP contribution in [0.25, 0.3) is 11.0 Å². The van der Waals surface area contributed by atoms with Gasteiger partial charge in [-0.15, -0.1) is 0 Å². The van der Waals surface area contributed by atoms with Crippen LogP contribution in [-0.2, 0) is 19.3 Å². The first-order valence-corrected chi connectivity index (χ1v) is 9.54. The number of hydrogen-bond acceptors (Lipinski definition) is 5. The maximum absolute atomic E-state index is 14.1. The van der Waals surface area contributed by atoms with E-state index in [9.17, 15) is 9.18 Å². The summed E-state index contributed by atoms with van der Waals surface area (Å²) >= 11 is 0. The second kappa shape index (κ2) is 7.95. The van der Waals surface area contributed by atoms with E-state index in [-0.39, 0.29) is 52.9 Å². The quantitative estimate of drug-likeness (QED) is 0.642. The van der Waals surface area contributed by atoms with Crippen LogP contribution in [0.3, 0.4) is 0 Å². The smallest absolute Gasteiger partial charge is 0.256 e. The van der Waals surface area contributed by atoms with Crippen molar-refractivity contribution in [1.82, 2.24) is 19.6 Å². The average molecular weight is 424 g/mol. The molecule has 1 aromatic carbocycles. The molecule has 0 amide bonds. The van der Waals surface area contributed by atoms with Crippen LogP contribution in [-0.4, -0.2) is 39.2 Å². The molecule has 4 heterocycles. The number of aromatic nitrogens is 3. The molecule has 3 aromatic rings. The van der Waals surface area contributed by atoms with Gasteiger partial charge in [0.15, 0.2) is 5.58 Å². The Hall–Kier alpha value is -2.54. The van der Waals surface area contributed by atoms with Gasteiger partial charge < -0.3 is 9.42 Å². The maximum atomic E-state index is 14.1. The molecule has 5 rings (SSSR count). The number of benzene rings is 1. The van der Waals surface area contributed by atoms with E-state index in [1.165, 1.54) is 6.92 Å². The highest BCUT2D eigenvalue weighted by atomic mass is 19.1. The molecule has 2 aliphatic heterocycles. The number of aryl methyl sites for hydroxylation is 2. The number of piperidine rings is 1. The fraction of sp³-hybridized carbons (Fsp3) is 0.522. The predicted octanol–water partition coefficient (Wildman–Crippen LogP) is 3.59. The minimum atomic E-state index is -3.27. The summed E-state index contributed by atoms with van der Waals surface area (Å²) in [5.41, 5.74) is -2.53. The van der Waals surface area contributed by atoms with Crippen molar-refractivity contribution in [3.63, 3.8) is 0 Å². The molecule has 0 unspecified atom stereocenters. The normalized spacial score (nSPS) is 30.4. The predicted molar refractivity (Wildman–Crippen MR) is 112 cm³/mol. The lowest BCUT2D eigenvalue weighted by Gasteiger charge is -2.31. The van der Waals surface area contributed by atoms with E-state index in [0.29, 0.717) is 0 Å². The lowest BCUT2D eigenvalue weighted by Crippen LogP contribution is -2.37. The first kappa shape index (κ1) is 9.73. The number of nitrogens with zero attached hydrogens (tertiary/aromatic N) is 4. The van der Waals surface area contributed by atoms with Crippen molar-refractivity contribution in [2.75, 3.05) is 19.6 Å². The van der Waals surface area contributed by atoms with Gasteiger partial charge in [0, 0.05) is 61.7 Å². The molecule has 1 saturated heterocycles. The van der Waals surface area contributed by atoms with Gasteiger partial charge in [-0.1, -0.05) is 5.16 Å². The van der Waals surface area contributed by atoms with Crippen molar-refractivity contribution in [2.45, 2.75) is 57.7 Å². The first-order chi connectivity index (χ1) is 19.6. The minimum Gasteiger partial charge on any atom is -0.356 e. The standard InChI is InChI=1S/C23H27FN4O2/c1-15-18(23(29)28-10-3-2-4-21(28)25-15)9-13-27-11-7-16(8-12-27)22-19-6-5-17(24)14-20(19)30-26-22/h5-6,14,16H,2-4,7-13H2,1H3/i2D2,3D2,5D,6D,9D2,10D2,13D2,14D. The summed E-state index contributed by atoms with van der Waals surface area (Å²) in [6, 6.07) is -1.98. The Kier molecular flexibility index (Phi) is 2.58. The summed E-state index contributed by atoms with van der Waals surface area (Å²) in [4.78, 5) is 18.8. The zero-order chi connectivity index (χ0) is 32.2. The Labute approximate surface area is 193 Å². The zero-order valence-electron chi connectivity index (χ0n) is 29.1. The third-order valence-electron chi connectivity index (χ3n) is 5.30. The Bertz CT molecular complexity index is 1700. The zero-order valence-corrected chi connectivity index (χ0v) is 16.1. The molecule has 7 heteroatoms. The highest BCUT2D eigenvalue weighted by molar-refractivity contribution is 5.79. The SMILES string of the molecule is [2H]c1c(F)c([2H])c2onc(C3CCN(C([2H])([2H])C([2H])([2H])c4c(C)nc5n(c4=O)C([2H])([2H])C([2H])([2H])C([2H])([2H])C5)CC3)c2c1[2H]. The van der Waals surface area contributed by atoms with E-state index in [2.05, 4.69) is 10.1 Å². The van der Waals surface area contributed by atoms with E-state index >= 15 is 0 Å². The van der Waals surface area contributed by atoms with Gasteiger partial charge in [-0.3, -0.25) is 9.36 Å². The van der Waals surface area contributed by atoms with Crippen LogP contribution >= 0.6 is 0 Å². The van der Waals surface area contributed by atoms with Gasteiger partial charge in [0.25, 0.3) is 5.56 Å². The Morgan fingerprint density at radius 2 is 2.20 bits per heavy atom. The topological polar surface area (TPSA) is 64.2 Å². The number of likely N-dealkylation sites (tertiary alicyclic amines) is 1. The lowest BCUT2D eigenvalue weighted by atomic mass is 9.91. The van der Waals surface area contributed by atoms with Gasteiger partial charge in [0.1, 0.15) is 11.6 Å². The van der Waals surface area contributed by atoms with Crippen molar-refractivity contribution in [2.24, 2.45) is 0 Å². The molecule has 0 N–H and O–H groups in total. The molecular formula is C23H27FN4O2. The summed E-state index contributed by atoms with van der Waals surface area (Å²) in [5, 5.41) is 3.92. The molecule has 30 heavy (non-hydrogen) atoms. The molecule has 6 nitrogen and oxygen atoms in total. The molecule has 0 aliphatic carbocycles. The number of rotatable bonds is 4. The minimum absolute atomic E-state index is 0.00971. The summed E-state index contributed by atoms with van der Waals surface area (Å²) in [7, 11) is 0. The third-order valence-corrected chi connectivity index (χ3v) is 5.30. The molecule has 0 saturated carbocycles. The average Bonchev–Trinajstić information content (AvgIpc) is 3.34. The van der Waals surface area contributed by atoms with Crippen molar-refractivity contribution in [3.05, 3.63) is 57.1 Å². The third kappa shape index (κ3) is 3.55. The van der Waals surface area contributed by atoms with Gasteiger partial charge in [-0.25, -0.2) is 9.37 Å². The second-order valence-corrected chi connectivity index (χ2v) is 7.18. The number of fused-ring (bicyclic) bond motifs is 2. The van der Waals surface area contributed by atoms with E-state index < -0.39 is 85.3 Å². The van der Waals surface area contributed by atoms with Crippen LogP contribution in [0, 0.1) is 12.7 Å². The Morgan fingerprint density at radius 3 is 3.03 bits per heavy atom. The van der Waals surface area contributed by atoms with Gasteiger partial charge in [-0.2, -0.15) is 0 Å². The maximum Gasteiger partial charge on any atom is 0.256 e. The largest absolute Gasteiger partial charge is 0.356 e. The molecule has 0 bridgehead atoms. The molecule has 2 aliphatic rings. The summed E-state index contributed by atoms with van der Waals surface area (Å²) in [6.07, 6.45) is -9.47. The van der Waals surface area contributed by atoms with Gasteiger partial charge in [0.05, 0.1) is 9.81 Å². The van der Waals surface area contributed by atoms with Crippen LogP contribution in [0.1, 0.15) is 72.1 Å². The van der Waals surface area contributed by atoms with Crippen LogP contribution in [0.15, 0.2) is 27.4 Å². The van der Waals surface area contributed by atoms with E-state index in [0.717, 1.165) is 4.90 Å². The van der Waals surface area contributed by atoms with E-state index in [4.69, 9.17) is 22.3 Å². The fourth-order valence-electron chi connectivity index (χ4n) is 3.71. The van der Waals surface area contributed by atoms with Crippen LogP contribution in [0.4, 0.5) is 4.39 Å². The molecule has 0 atom stereocenters. The Morgan fingerprint density at radius 1 is 1.37 bits per heavy atom. The molecule has 2 aromatic heterocycles. The van der Waals surface area contributed by atoms with E-state index in [1.54, 1.807) is 0 Å². The van der Waals surface area contributed by atoms with Crippen molar-refractivity contribution >= 4 is 11.0 Å². The molecule has 0 spiro atoms. The number of hydrogen-bond donors (Lipinski definition) is 0. The number of halogens is 1. The monoisotopic (exact) mass is 423 g/mol. The summed E-state index contributed by atoms with van der Waals surface area (Å²) in [6.45, 7) is -5.07. The Balaban J connectivity index is 1.48. The van der Waals surface area contributed by atoms with Gasteiger partial charge in [-0.05, 0) is 64.1 Å². The highest BCUT2D eigenvalue weighted by Crippen LogP contribution is 2.32. The first-order valence-electron chi connectivity index (χ1n) is 16.0. The lowest BCUT2D eigenvalue weighted by molar-refractivity contribution is 0.211. The molecular weight excluding hydrogens is 383 g/mol. The molecule has 0 radical (unpaired) electrons. The van der Waals surface area contributed by atoms with Crippen molar-refractivity contribution in [1.29, 1.82) is 0 Å². The summed E-state index contributed by atoms with van der Waals surface area (Å²) < 4.78 is 127. The van der Waals surface area contributed by atoms with Crippen molar-refractivity contribution < 1.29 is 26.7 Å². The summed E-state index contributed by atoms with van der Waals surface area (Å²) in [5.74, 6) is -2.10. The van der Waals surface area contributed by atoms with E-state index in [1.807, 2.05) is 0 Å². The molecule has 158 valence electrons. The van der Waals surface area contributed by atoms with Crippen molar-refractivity contribution in [3.8, 4) is 0 Å². The van der Waals surface area contributed by atoms with Gasteiger partial charge >= 0.3 is 0 Å². The molecule has 1 fully saturated rings. The van der Waals surface area contributed by atoms with Gasteiger partial charge in [0.2, 0.25) is 0 Å². The second-order valence-electron chi connectivity index (χ2n) is 7.18.